The Hall–Kier alpha value is -3.02. The van der Waals surface area contributed by atoms with Crippen molar-refractivity contribution in [1.29, 1.82) is 0 Å². The first kappa shape index (κ1) is 15.9. The Kier molecular flexibility index (Phi) is 4.37. The van der Waals surface area contributed by atoms with Crippen molar-refractivity contribution in [1.82, 2.24) is 0 Å². The van der Waals surface area contributed by atoms with Crippen molar-refractivity contribution < 1.29 is 19.1 Å². The monoisotopic (exact) mass is 326 g/mol. The van der Waals surface area contributed by atoms with Crippen LogP contribution < -0.4 is 19.7 Å². The molecule has 2 amide bonds. The number of benzene rings is 2. The molecule has 1 heterocycles. The van der Waals surface area contributed by atoms with Gasteiger partial charge in [-0.1, -0.05) is 12.1 Å². The summed E-state index contributed by atoms with van der Waals surface area (Å²) < 4.78 is 10.5. The van der Waals surface area contributed by atoms with Crippen molar-refractivity contribution in [2.24, 2.45) is 0 Å². The third-order valence-electron chi connectivity index (χ3n) is 3.90. The summed E-state index contributed by atoms with van der Waals surface area (Å²) in [6.07, 6.45) is 0.113. The molecule has 0 bridgehead atoms. The van der Waals surface area contributed by atoms with Gasteiger partial charge in [-0.15, -0.1) is 0 Å². The number of anilines is 2. The largest absolute Gasteiger partial charge is 0.497 e. The van der Waals surface area contributed by atoms with E-state index in [1.807, 2.05) is 18.2 Å². The smallest absolute Gasteiger partial charge is 0.244 e. The molecule has 0 spiro atoms. The minimum Gasteiger partial charge on any atom is -0.497 e. The molecule has 0 unspecified atom stereocenters. The topological polar surface area (TPSA) is 67.9 Å². The fourth-order valence-corrected chi connectivity index (χ4v) is 2.73. The van der Waals surface area contributed by atoms with Crippen molar-refractivity contribution in [2.45, 2.75) is 6.42 Å². The van der Waals surface area contributed by atoms with Crippen LogP contribution in [-0.2, 0) is 16.0 Å². The molecule has 0 saturated heterocycles. The van der Waals surface area contributed by atoms with E-state index in [1.54, 1.807) is 38.5 Å². The summed E-state index contributed by atoms with van der Waals surface area (Å²) in [6, 6.07) is 12.6. The average molecular weight is 326 g/mol. The number of methoxy groups -OCH3 is 2. The number of hydrogen-bond donors (Lipinski definition) is 1. The number of fused-ring (bicyclic) bond motifs is 1. The maximum Gasteiger partial charge on any atom is 0.244 e. The second-order valence-corrected chi connectivity index (χ2v) is 5.40. The van der Waals surface area contributed by atoms with Crippen molar-refractivity contribution in [3.05, 3.63) is 48.0 Å². The highest BCUT2D eigenvalue weighted by Crippen LogP contribution is 2.31. The molecule has 0 aliphatic carbocycles. The lowest BCUT2D eigenvalue weighted by Gasteiger charge is -2.29. The lowest BCUT2D eigenvalue weighted by atomic mass is 10.1. The van der Waals surface area contributed by atoms with E-state index in [4.69, 9.17) is 9.47 Å². The van der Waals surface area contributed by atoms with E-state index in [0.29, 0.717) is 28.4 Å². The van der Waals surface area contributed by atoms with Gasteiger partial charge in [0.1, 0.15) is 18.0 Å². The van der Waals surface area contributed by atoms with Gasteiger partial charge in [0.05, 0.1) is 32.0 Å². The van der Waals surface area contributed by atoms with E-state index in [9.17, 15) is 9.59 Å². The van der Waals surface area contributed by atoms with E-state index in [0.717, 1.165) is 0 Å². The summed E-state index contributed by atoms with van der Waals surface area (Å²) in [5, 5.41) is 2.77. The Balaban J connectivity index is 1.89. The van der Waals surface area contributed by atoms with E-state index in [-0.39, 0.29) is 24.8 Å². The van der Waals surface area contributed by atoms with Crippen LogP contribution in [0.2, 0.25) is 0 Å². The molecular formula is C18H18N2O4. The average Bonchev–Trinajstić information content (AvgIpc) is 2.60. The van der Waals surface area contributed by atoms with Gasteiger partial charge in [0.2, 0.25) is 11.8 Å². The number of nitrogens with one attached hydrogen (secondary N) is 1. The molecule has 2 aromatic carbocycles. The zero-order valence-corrected chi connectivity index (χ0v) is 13.5. The van der Waals surface area contributed by atoms with Crippen LogP contribution in [0.4, 0.5) is 11.4 Å². The molecule has 1 aliphatic heterocycles. The van der Waals surface area contributed by atoms with E-state index in [2.05, 4.69) is 5.32 Å². The molecule has 6 heteroatoms. The lowest BCUT2D eigenvalue weighted by molar-refractivity contribution is -0.121. The summed E-state index contributed by atoms with van der Waals surface area (Å²) in [6.45, 7) is 0.00211. The standard InChI is InChI=1S/C18H18N2O4/c1-23-13-7-8-16(24-2)12(9-13)10-18(22)20-11-17(21)19-14-5-3-4-6-15(14)20/h3-9H,10-11H2,1-2H3,(H,19,21). The number of para-hydroxylation sites is 2. The third-order valence-corrected chi connectivity index (χ3v) is 3.90. The molecule has 0 aromatic heterocycles. The van der Waals surface area contributed by atoms with E-state index >= 15 is 0 Å². The number of ether oxygens (including phenoxy) is 2. The quantitative estimate of drug-likeness (QED) is 0.935. The highest BCUT2D eigenvalue weighted by Gasteiger charge is 2.27. The number of hydrogen-bond acceptors (Lipinski definition) is 4. The first-order valence-electron chi connectivity index (χ1n) is 7.52. The molecule has 2 aromatic rings. The predicted molar refractivity (Wildman–Crippen MR) is 90.7 cm³/mol. The number of carbonyl (C=O) groups excluding carboxylic acids is 2. The van der Waals surface area contributed by atoms with Gasteiger partial charge in [0.15, 0.2) is 0 Å². The van der Waals surface area contributed by atoms with Gasteiger partial charge >= 0.3 is 0 Å². The fraction of sp³-hybridized carbons (Fsp3) is 0.222. The molecule has 24 heavy (non-hydrogen) atoms. The summed E-state index contributed by atoms with van der Waals surface area (Å²) in [4.78, 5) is 26.2. The summed E-state index contributed by atoms with van der Waals surface area (Å²) >= 11 is 0. The second-order valence-electron chi connectivity index (χ2n) is 5.40. The summed E-state index contributed by atoms with van der Waals surface area (Å²) in [7, 11) is 3.12. The molecule has 1 aliphatic rings. The zero-order chi connectivity index (χ0) is 17.1. The lowest BCUT2D eigenvalue weighted by Crippen LogP contribution is -2.42. The minimum absolute atomic E-state index is 0.00211. The maximum absolute atomic E-state index is 12.8. The molecule has 0 fully saturated rings. The maximum atomic E-state index is 12.8. The molecule has 124 valence electrons. The van der Waals surface area contributed by atoms with Crippen LogP contribution in [0.15, 0.2) is 42.5 Å². The highest BCUT2D eigenvalue weighted by molar-refractivity contribution is 6.10. The predicted octanol–water partition coefficient (Wildman–Crippen LogP) is 2.23. The number of nitrogens with zero attached hydrogens (tertiary/aromatic N) is 1. The summed E-state index contributed by atoms with van der Waals surface area (Å²) in [5.41, 5.74) is 2.05. The van der Waals surface area contributed by atoms with Gasteiger partial charge in [-0.25, -0.2) is 0 Å². The Bertz CT molecular complexity index is 788. The fourth-order valence-electron chi connectivity index (χ4n) is 2.73. The number of rotatable bonds is 4. The molecule has 6 nitrogen and oxygen atoms in total. The Morgan fingerprint density at radius 3 is 2.71 bits per heavy atom. The van der Waals surface area contributed by atoms with Gasteiger partial charge in [-0.3, -0.25) is 9.59 Å². The van der Waals surface area contributed by atoms with Crippen LogP contribution >= 0.6 is 0 Å². The number of amides is 2. The SMILES string of the molecule is COc1ccc(OC)c(CC(=O)N2CC(=O)Nc3ccccc32)c1. The van der Waals surface area contributed by atoms with Crippen molar-refractivity contribution >= 4 is 23.2 Å². The Labute approximate surface area is 140 Å². The van der Waals surface area contributed by atoms with Crippen molar-refractivity contribution in [3.63, 3.8) is 0 Å². The number of carbonyl (C=O) groups is 2. The normalized spacial score (nSPS) is 13.1. The second kappa shape index (κ2) is 6.62. The summed E-state index contributed by atoms with van der Waals surface area (Å²) in [5.74, 6) is 0.873. The van der Waals surface area contributed by atoms with Crippen LogP contribution in [0.5, 0.6) is 11.5 Å². The van der Waals surface area contributed by atoms with Crippen molar-refractivity contribution in [3.8, 4) is 11.5 Å². The van der Waals surface area contributed by atoms with Crippen LogP contribution in [-0.4, -0.2) is 32.6 Å². The van der Waals surface area contributed by atoms with Crippen LogP contribution in [0.3, 0.4) is 0 Å². The van der Waals surface area contributed by atoms with Gasteiger partial charge in [-0.2, -0.15) is 0 Å². The molecule has 1 N–H and O–H groups in total. The zero-order valence-electron chi connectivity index (χ0n) is 13.5. The van der Waals surface area contributed by atoms with E-state index in [1.165, 1.54) is 4.90 Å². The van der Waals surface area contributed by atoms with E-state index < -0.39 is 0 Å². The Morgan fingerprint density at radius 2 is 1.96 bits per heavy atom. The van der Waals surface area contributed by atoms with Gasteiger partial charge in [-0.05, 0) is 30.3 Å². The Morgan fingerprint density at radius 1 is 1.17 bits per heavy atom. The first-order valence-corrected chi connectivity index (χ1v) is 7.52. The highest BCUT2D eigenvalue weighted by atomic mass is 16.5. The minimum atomic E-state index is -0.209. The van der Waals surface area contributed by atoms with Crippen LogP contribution in [0, 0.1) is 0 Å². The molecule has 0 atom stereocenters. The van der Waals surface area contributed by atoms with Crippen LogP contribution in [0.25, 0.3) is 0 Å². The first-order chi connectivity index (χ1) is 11.6. The van der Waals surface area contributed by atoms with Crippen LogP contribution in [0.1, 0.15) is 5.56 Å². The molecular weight excluding hydrogens is 308 g/mol. The molecule has 3 rings (SSSR count). The van der Waals surface area contributed by atoms with Gasteiger partial charge in [0.25, 0.3) is 0 Å². The molecule has 0 radical (unpaired) electrons. The van der Waals surface area contributed by atoms with Crippen molar-refractivity contribution in [2.75, 3.05) is 31.0 Å². The van der Waals surface area contributed by atoms with Gasteiger partial charge in [0, 0.05) is 5.56 Å². The third kappa shape index (κ3) is 3.03. The molecule has 0 saturated carbocycles. The van der Waals surface area contributed by atoms with Gasteiger partial charge < -0.3 is 19.7 Å².